The zero-order valence-electron chi connectivity index (χ0n) is 10.4. The summed E-state index contributed by atoms with van der Waals surface area (Å²) in [4.78, 5) is 4.35. The van der Waals surface area contributed by atoms with Crippen molar-refractivity contribution in [1.29, 1.82) is 0 Å². The van der Waals surface area contributed by atoms with E-state index in [1.807, 2.05) is 22.9 Å². The number of aromatic nitrogens is 2. The molecule has 0 amide bonds. The lowest BCUT2D eigenvalue weighted by molar-refractivity contribution is 0.190. The van der Waals surface area contributed by atoms with Gasteiger partial charge >= 0.3 is 0 Å². The second-order valence-corrected chi connectivity index (χ2v) is 5.24. The Morgan fingerprint density at radius 3 is 2.94 bits per heavy atom. The van der Waals surface area contributed by atoms with E-state index in [2.05, 4.69) is 51.9 Å². The molecule has 0 saturated heterocycles. The molecule has 0 aliphatic heterocycles. The first-order valence-electron chi connectivity index (χ1n) is 5.76. The number of para-hydroxylation sites is 1. The zero-order valence-corrected chi connectivity index (χ0v) is 12.6. The third-order valence-electron chi connectivity index (χ3n) is 2.54. The van der Waals surface area contributed by atoms with E-state index in [1.165, 1.54) is 3.57 Å². The highest BCUT2D eigenvalue weighted by Gasteiger charge is 2.09. The van der Waals surface area contributed by atoms with E-state index in [0.717, 1.165) is 11.6 Å². The Balaban J connectivity index is 2.25. The SMILES string of the molecule is COCC(C)Nc1nccn1-c1ccccc1I. The largest absolute Gasteiger partial charge is 0.383 e. The van der Waals surface area contributed by atoms with Gasteiger partial charge in [0.15, 0.2) is 0 Å². The Morgan fingerprint density at radius 2 is 2.22 bits per heavy atom. The van der Waals surface area contributed by atoms with Gasteiger partial charge in [-0.25, -0.2) is 4.98 Å². The van der Waals surface area contributed by atoms with Gasteiger partial charge in [-0.2, -0.15) is 0 Å². The molecule has 0 bridgehead atoms. The summed E-state index contributed by atoms with van der Waals surface area (Å²) in [5.41, 5.74) is 1.13. The molecular weight excluding hydrogens is 341 g/mol. The van der Waals surface area contributed by atoms with Crippen LogP contribution in [0.5, 0.6) is 0 Å². The van der Waals surface area contributed by atoms with E-state index in [9.17, 15) is 0 Å². The second-order valence-electron chi connectivity index (χ2n) is 4.07. The molecular formula is C13H16IN3O. The van der Waals surface area contributed by atoms with Gasteiger partial charge < -0.3 is 10.1 Å². The number of methoxy groups -OCH3 is 1. The van der Waals surface area contributed by atoms with E-state index < -0.39 is 0 Å². The molecule has 2 aromatic rings. The molecule has 0 fully saturated rings. The van der Waals surface area contributed by atoms with E-state index in [-0.39, 0.29) is 6.04 Å². The number of ether oxygens (including phenoxy) is 1. The van der Waals surface area contributed by atoms with Gasteiger partial charge in [-0.3, -0.25) is 4.57 Å². The summed E-state index contributed by atoms with van der Waals surface area (Å²) in [6.45, 7) is 2.72. The smallest absolute Gasteiger partial charge is 0.207 e. The fourth-order valence-corrected chi connectivity index (χ4v) is 2.41. The molecule has 1 aromatic heterocycles. The lowest BCUT2D eigenvalue weighted by atomic mass is 10.3. The first-order valence-corrected chi connectivity index (χ1v) is 6.84. The van der Waals surface area contributed by atoms with Gasteiger partial charge in [0.2, 0.25) is 5.95 Å². The summed E-state index contributed by atoms with van der Waals surface area (Å²) in [7, 11) is 1.70. The van der Waals surface area contributed by atoms with Gasteiger partial charge in [0, 0.05) is 29.1 Å². The number of nitrogens with one attached hydrogen (secondary N) is 1. The molecule has 96 valence electrons. The van der Waals surface area contributed by atoms with Crippen LogP contribution in [0.2, 0.25) is 0 Å². The van der Waals surface area contributed by atoms with Crippen molar-refractivity contribution in [3.63, 3.8) is 0 Å². The van der Waals surface area contributed by atoms with Crippen molar-refractivity contribution in [3.8, 4) is 5.69 Å². The van der Waals surface area contributed by atoms with Crippen LogP contribution in [0.1, 0.15) is 6.92 Å². The van der Waals surface area contributed by atoms with Crippen LogP contribution in [0.3, 0.4) is 0 Å². The number of hydrogen-bond donors (Lipinski definition) is 1. The van der Waals surface area contributed by atoms with Crippen molar-refractivity contribution < 1.29 is 4.74 Å². The molecule has 2 rings (SSSR count). The molecule has 0 spiro atoms. The predicted octanol–water partition coefficient (Wildman–Crippen LogP) is 2.92. The molecule has 0 aliphatic carbocycles. The van der Waals surface area contributed by atoms with Crippen molar-refractivity contribution >= 4 is 28.5 Å². The molecule has 1 N–H and O–H groups in total. The van der Waals surface area contributed by atoms with Crippen molar-refractivity contribution in [2.24, 2.45) is 0 Å². The number of imidazole rings is 1. The minimum atomic E-state index is 0.220. The van der Waals surface area contributed by atoms with Gasteiger partial charge in [-0.1, -0.05) is 12.1 Å². The van der Waals surface area contributed by atoms with Gasteiger partial charge in [0.1, 0.15) is 0 Å². The normalized spacial score (nSPS) is 12.4. The minimum Gasteiger partial charge on any atom is -0.383 e. The van der Waals surface area contributed by atoms with Gasteiger partial charge in [-0.15, -0.1) is 0 Å². The van der Waals surface area contributed by atoms with Gasteiger partial charge in [0.05, 0.1) is 12.3 Å². The topological polar surface area (TPSA) is 39.1 Å². The molecule has 1 atom stereocenters. The van der Waals surface area contributed by atoms with E-state index in [0.29, 0.717) is 6.61 Å². The Hall–Kier alpha value is -1.08. The lowest BCUT2D eigenvalue weighted by Gasteiger charge is -2.15. The monoisotopic (exact) mass is 357 g/mol. The molecule has 1 aromatic carbocycles. The molecule has 1 unspecified atom stereocenters. The Morgan fingerprint density at radius 1 is 1.44 bits per heavy atom. The average Bonchev–Trinajstić information content (AvgIpc) is 2.78. The van der Waals surface area contributed by atoms with Crippen molar-refractivity contribution in [3.05, 3.63) is 40.2 Å². The fraction of sp³-hybridized carbons (Fsp3) is 0.308. The average molecular weight is 357 g/mol. The first-order chi connectivity index (χ1) is 8.72. The summed E-state index contributed by atoms with van der Waals surface area (Å²) in [6.07, 6.45) is 3.75. The highest BCUT2D eigenvalue weighted by atomic mass is 127. The van der Waals surface area contributed by atoms with Crippen LogP contribution in [0.15, 0.2) is 36.7 Å². The summed E-state index contributed by atoms with van der Waals surface area (Å²) in [6, 6.07) is 8.44. The lowest BCUT2D eigenvalue weighted by Crippen LogP contribution is -2.23. The number of rotatable bonds is 5. The number of anilines is 1. The summed E-state index contributed by atoms with van der Waals surface area (Å²) < 4.78 is 8.36. The van der Waals surface area contributed by atoms with Crippen molar-refractivity contribution in [1.82, 2.24) is 9.55 Å². The number of benzene rings is 1. The van der Waals surface area contributed by atoms with Crippen molar-refractivity contribution in [2.75, 3.05) is 19.0 Å². The zero-order chi connectivity index (χ0) is 13.0. The van der Waals surface area contributed by atoms with E-state index >= 15 is 0 Å². The molecule has 0 aliphatic rings. The quantitative estimate of drug-likeness (QED) is 0.837. The summed E-state index contributed by atoms with van der Waals surface area (Å²) >= 11 is 2.33. The molecule has 0 saturated carbocycles. The Labute approximate surface area is 121 Å². The van der Waals surface area contributed by atoms with Gasteiger partial charge in [0.25, 0.3) is 0 Å². The number of halogens is 1. The Kier molecular flexibility index (Phi) is 4.60. The maximum absolute atomic E-state index is 5.12. The third kappa shape index (κ3) is 3.02. The maximum Gasteiger partial charge on any atom is 0.207 e. The van der Waals surface area contributed by atoms with Crippen LogP contribution in [-0.2, 0) is 4.74 Å². The van der Waals surface area contributed by atoms with Crippen LogP contribution in [0.4, 0.5) is 5.95 Å². The molecule has 18 heavy (non-hydrogen) atoms. The van der Waals surface area contributed by atoms with Crippen LogP contribution in [-0.4, -0.2) is 29.3 Å². The summed E-state index contributed by atoms with van der Waals surface area (Å²) in [5, 5.41) is 3.34. The predicted molar refractivity (Wildman–Crippen MR) is 81.2 cm³/mol. The molecule has 5 heteroatoms. The maximum atomic E-state index is 5.12. The highest BCUT2D eigenvalue weighted by Crippen LogP contribution is 2.20. The number of nitrogens with zero attached hydrogens (tertiary/aromatic N) is 2. The summed E-state index contributed by atoms with van der Waals surface area (Å²) in [5.74, 6) is 0.837. The van der Waals surface area contributed by atoms with Crippen molar-refractivity contribution in [2.45, 2.75) is 13.0 Å². The third-order valence-corrected chi connectivity index (χ3v) is 3.46. The Bertz CT molecular complexity index is 512. The van der Waals surface area contributed by atoms with Crippen LogP contribution in [0, 0.1) is 3.57 Å². The van der Waals surface area contributed by atoms with E-state index in [1.54, 1.807) is 13.3 Å². The molecule has 0 radical (unpaired) electrons. The van der Waals surface area contributed by atoms with E-state index in [4.69, 9.17) is 4.74 Å². The van der Waals surface area contributed by atoms with Crippen LogP contribution in [0.25, 0.3) is 5.69 Å². The van der Waals surface area contributed by atoms with Crippen LogP contribution >= 0.6 is 22.6 Å². The second kappa shape index (κ2) is 6.19. The fourth-order valence-electron chi connectivity index (χ4n) is 1.76. The van der Waals surface area contributed by atoms with Crippen LogP contribution < -0.4 is 5.32 Å². The standard InChI is InChI=1S/C13H16IN3O/c1-10(9-18-2)16-13-15-7-8-17(13)12-6-4-3-5-11(12)14/h3-8,10H,9H2,1-2H3,(H,15,16). The van der Waals surface area contributed by atoms with Gasteiger partial charge in [-0.05, 0) is 41.6 Å². The molecule has 1 heterocycles. The first kappa shape index (κ1) is 13.4. The number of hydrogen-bond acceptors (Lipinski definition) is 3. The molecule has 4 nitrogen and oxygen atoms in total. The minimum absolute atomic E-state index is 0.220. The highest BCUT2D eigenvalue weighted by molar-refractivity contribution is 14.1.